The highest BCUT2D eigenvalue weighted by atomic mass is 16.2. The fraction of sp³-hybridized carbons (Fsp3) is 0.100. The van der Waals surface area contributed by atoms with E-state index in [4.69, 9.17) is 5.11 Å². The number of carbonyl (C=O) groups is 1. The summed E-state index contributed by atoms with van der Waals surface area (Å²) in [4.78, 5) is 11.3. The van der Waals surface area contributed by atoms with E-state index in [-0.39, 0.29) is 5.91 Å². The van der Waals surface area contributed by atoms with E-state index in [0.717, 1.165) is 6.26 Å². The van der Waals surface area contributed by atoms with Crippen LogP contribution in [0.5, 0.6) is 0 Å². The fourth-order valence-electron chi connectivity index (χ4n) is 0.896. The van der Waals surface area contributed by atoms with Crippen LogP contribution >= 0.6 is 0 Å². The summed E-state index contributed by atoms with van der Waals surface area (Å²) in [5.74, 6) is -0.140. The van der Waals surface area contributed by atoms with Gasteiger partial charge in [-0.3, -0.25) is 4.79 Å². The zero-order valence-corrected chi connectivity index (χ0v) is 7.10. The highest BCUT2D eigenvalue weighted by Gasteiger charge is 2.00. The topological polar surface area (TPSA) is 49.3 Å². The first-order valence-corrected chi connectivity index (χ1v) is 3.97. The largest absolute Gasteiger partial charge is 0.516 e. The maximum atomic E-state index is 11.3. The van der Waals surface area contributed by atoms with Crippen LogP contribution in [0.2, 0.25) is 0 Å². The number of amides is 1. The van der Waals surface area contributed by atoms with Gasteiger partial charge in [0, 0.05) is 12.1 Å². The van der Waals surface area contributed by atoms with Gasteiger partial charge in [-0.25, -0.2) is 0 Å². The Morgan fingerprint density at radius 1 is 1.38 bits per heavy atom. The van der Waals surface area contributed by atoms with Crippen molar-refractivity contribution in [2.75, 3.05) is 6.54 Å². The molecule has 3 nitrogen and oxygen atoms in total. The molecule has 0 radical (unpaired) electrons. The molecule has 3 heteroatoms. The average Bonchev–Trinajstić information content (AvgIpc) is 2.19. The molecule has 0 saturated carbocycles. The van der Waals surface area contributed by atoms with Crippen LogP contribution in [0.3, 0.4) is 0 Å². The molecule has 1 aromatic carbocycles. The second-order valence-corrected chi connectivity index (χ2v) is 2.46. The maximum absolute atomic E-state index is 11.3. The van der Waals surface area contributed by atoms with Gasteiger partial charge in [-0.1, -0.05) is 18.2 Å². The smallest absolute Gasteiger partial charge is 0.251 e. The first kappa shape index (κ1) is 9.32. The van der Waals surface area contributed by atoms with Gasteiger partial charge < -0.3 is 10.4 Å². The zero-order chi connectivity index (χ0) is 9.52. The lowest BCUT2D eigenvalue weighted by molar-refractivity contribution is 0.0958. The van der Waals surface area contributed by atoms with Crippen molar-refractivity contribution >= 4 is 5.91 Å². The van der Waals surface area contributed by atoms with Crippen molar-refractivity contribution in [2.24, 2.45) is 0 Å². The molecule has 0 aliphatic carbocycles. The minimum absolute atomic E-state index is 0.140. The van der Waals surface area contributed by atoms with Crippen LogP contribution < -0.4 is 5.32 Å². The van der Waals surface area contributed by atoms with Crippen LogP contribution in [0.1, 0.15) is 10.4 Å². The number of benzene rings is 1. The van der Waals surface area contributed by atoms with Crippen LogP contribution in [0, 0.1) is 0 Å². The summed E-state index contributed by atoms with van der Waals surface area (Å²) >= 11 is 0. The Bertz CT molecular complexity index is 293. The lowest BCUT2D eigenvalue weighted by Gasteiger charge is -2.00. The predicted molar refractivity (Wildman–Crippen MR) is 50.5 cm³/mol. The van der Waals surface area contributed by atoms with E-state index in [1.165, 1.54) is 6.08 Å². The van der Waals surface area contributed by atoms with Gasteiger partial charge in [0.25, 0.3) is 5.91 Å². The van der Waals surface area contributed by atoms with Crippen molar-refractivity contribution in [3.8, 4) is 0 Å². The third-order valence-electron chi connectivity index (χ3n) is 1.52. The molecule has 0 saturated heterocycles. The molecule has 0 atom stereocenters. The molecule has 1 rings (SSSR count). The van der Waals surface area contributed by atoms with Crippen LogP contribution in [-0.2, 0) is 0 Å². The van der Waals surface area contributed by atoms with Crippen molar-refractivity contribution in [2.45, 2.75) is 0 Å². The number of nitrogens with one attached hydrogen (secondary N) is 1. The van der Waals surface area contributed by atoms with Gasteiger partial charge in [0.1, 0.15) is 0 Å². The number of rotatable bonds is 3. The third-order valence-corrected chi connectivity index (χ3v) is 1.52. The third kappa shape index (κ3) is 2.99. The van der Waals surface area contributed by atoms with Crippen molar-refractivity contribution in [3.63, 3.8) is 0 Å². The Morgan fingerprint density at radius 3 is 2.69 bits per heavy atom. The highest BCUT2D eigenvalue weighted by Crippen LogP contribution is 1.96. The van der Waals surface area contributed by atoms with E-state index < -0.39 is 0 Å². The van der Waals surface area contributed by atoms with Gasteiger partial charge in [-0.05, 0) is 18.2 Å². The van der Waals surface area contributed by atoms with Gasteiger partial charge >= 0.3 is 0 Å². The Morgan fingerprint density at radius 2 is 2.08 bits per heavy atom. The number of aliphatic hydroxyl groups excluding tert-OH is 1. The molecule has 0 spiro atoms. The Balaban J connectivity index is 2.49. The second kappa shape index (κ2) is 4.98. The summed E-state index contributed by atoms with van der Waals surface area (Å²) in [5, 5.41) is 10.9. The Labute approximate surface area is 76.7 Å². The molecule has 0 fully saturated rings. The molecule has 13 heavy (non-hydrogen) atoms. The van der Waals surface area contributed by atoms with E-state index in [1.807, 2.05) is 6.07 Å². The van der Waals surface area contributed by atoms with Crippen molar-refractivity contribution in [3.05, 3.63) is 48.2 Å². The molecule has 1 amide bonds. The fourth-order valence-corrected chi connectivity index (χ4v) is 0.896. The minimum atomic E-state index is -0.140. The van der Waals surface area contributed by atoms with Gasteiger partial charge in [-0.2, -0.15) is 0 Å². The Kier molecular flexibility index (Phi) is 3.57. The van der Waals surface area contributed by atoms with E-state index in [0.29, 0.717) is 12.1 Å². The van der Waals surface area contributed by atoms with Crippen LogP contribution in [-0.4, -0.2) is 17.6 Å². The van der Waals surface area contributed by atoms with Crippen molar-refractivity contribution in [1.29, 1.82) is 0 Å². The Hall–Kier alpha value is -1.77. The minimum Gasteiger partial charge on any atom is -0.516 e. The summed E-state index contributed by atoms with van der Waals surface area (Å²) in [6, 6.07) is 8.92. The summed E-state index contributed by atoms with van der Waals surface area (Å²) in [7, 11) is 0. The van der Waals surface area contributed by atoms with E-state index in [1.54, 1.807) is 24.3 Å². The average molecular weight is 177 g/mol. The van der Waals surface area contributed by atoms with Crippen molar-refractivity contribution in [1.82, 2.24) is 5.32 Å². The molecule has 0 bridgehead atoms. The first-order chi connectivity index (χ1) is 6.34. The van der Waals surface area contributed by atoms with Gasteiger partial charge in [0.15, 0.2) is 0 Å². The van der Waals surface area contributed by atoms with E-state index >= 15 is 0 Å². The highest BCUT2D eigenvalue weighted by molar-refractivity contribution is 5.94. The molecule has 1 aromatic rings. The van der Waals surface area contributed by atoms with Crippen LogP contribution in [0.4, 0.5) is 0 Å². The molecule has 68 valence electrons. The first-order valence-electron chi connectivity index (χ1n) is 3.97. The standard InChI is InChI=1S/C10H11NO2/c12-8-4-7-11-10(13)9-5-2-1-3-6-9/h1-6,8,12H,7H2,(H,11,13). The molecule has 0 heterocycles. The van der Waals surface area contributed by atoms with E-state index in [9.17, 15) is 4.79 Å². The molecule has 0 aromatic heterocycles. The van der Waals surface area contributed by atoms with Gasteiger partial charge in [0.2, 0.25) is 0 Å². The monoisotopic (exact) mass is 177 g/mol. The van der Waals surface area contributed by atoms with E-state index in [2.05, 4.69) is 5.32 Å². The number of carbonyl (C=O) groups excluding carboxylic acids is 1. The molecule has 2 N–H and O–H groups in total. The summed E-state index contributed by atoms with van der Waals surface area (Å²) < 4.78 is 0. The predicted octanol–water partition coefficient (Wildman–Crippen LogP) is 1.49. The lowest BCUT2D eigenvalue weighted by Crippen LogP contribution is -2.23. The molecule has 0 aliphatic heterocycles. The summed E-state index contributed by atoms with van der Waals surface area (Å²) in [5.41, 5.74) is 0.619. The molecule has 0 aliphatic rings. The number of hydrogen-bond donors (Lipinski definition) is 2. The number of aliphatic hydroxyl groups is 1. The normalized spacial score (nSPS) is 10.2. The number of hydrogen-bond acceptors (Lipinski definition) is 2. The van der Waals surface area contributed by atoms with Crippen molar-refractivity contribution < 1.29 is 9.90 Å². The van der Waals surface area contributed by atoms with Gasteiger partial charge in [-0.15, -0.1) is 0 Å². The van der Waals surface area contributed by atoms with Crippen LogP contribution in [0.15, 0.2) is 42.7 Å². The zero-order valence-electron chi connectivity index (χ0n) is 7.10. The maximum Gasteiger partial charge on any atom is 0.251 e. The molecule has 0 unspecified atom stereocenters. The quantitative estimate of drug-likeness (QED) is 0.687. The lowest BCUT2D eigenvalue weighted by atomic mass is 10.2. The molecular formula is C10H11NO2. The summed E-state index contributed by atoms with van der Waals surface area (Å²) in [6.45, 7) is 0.338. The summed E-state index contributed by atoms with van der Waals surface area (Å²) in [6.07, 6.45) is 2.37. The SMILES string of the molecule is O=C(NCC=CO)c1ccccc1. The van der Waals surface area contributed by atoms with Gasteiger partial charge in [0.05, 0.1) is 6.26 Å². The van der Waals surface area contributed by atoms with Crippen LogP contribution in [0.25, 0.3) is 0 Å². The molecular weight excluding hydrogens is 166 g/mol. The second-order valence-electron chi connectivity index (χ2n) is 2.46.